The number of hydrogen-bond acceptors (Lipinski definition) is 3. The Hall–Kier alpha value is -2.04. The van der Waals surface area contributed by atoms with Crippen LogP contribution in [0, 0.1) is 5.41 Å². The van der Waals surface area contributed by atoms with Gasteiger partial charge in [-0.25, -0.2) is 0 Å². The number of rotatable bonds is 4. The summed E-state index contributed by atoms with van der Waals surface area (Å²) in [6.07, 6.45) is 3.39. The average Bonchev–Trinajstić information content (AvgIpc) is 2.68. The van der Waals surface area contributed by atoms with Gasteiger partial charge in [-0.05, 0) is 36.5 Å². The summed E-state index contributed by atoms with van der Waals surface area (Å²) in [5.41, 5.74) is 12.1. The molecule has 108 valence electrons. The highest BCUT2D eigenvalue weighted by atomic mass is 16.1. The SMILES string of the molecule is CC1(C)CCCC1Nc1cc(C(N)=O)cc(C(N)=O)c1. The third-order valence-electron chi connectivity index (χ3n) is 4.10. The van der Waals surface area contributed by atoms with Crippen molar-refractivity contribution in [3.8, 4) is 0 Å². The molecule has 0 bridgehead atoms. The molecule has 0 aromatic heterocycles. The van der Waals surface area contributed by atoms with Crippen LogP contribution in [-0.2, 0) is 0 Å². The zero-order valence-electron chi connectivity index (χ0n) is 11.9. The Morgan fingerprint density at radius 2 is 1.70 bits per heavy atom. The van der Waals surface area contributed by atoms with Crippen molar-refractivity contribution in [1.82, 2.24) is 0 Å². The number of nitrogens with two attached hydrogens (primary N) is 2. The molecule has 1 aliphatic carbocycles. The molecule has 1 aliphatic rings. The van der Waals surface area contributed by atoms with Crippen molar-refractivity contribution in [2.75, 3.05) is 5.32 Å². The van der Waals surface area contributed by atoms with Crippen molar-refractivity contribution < 1.29 is 9.59 Å². The van der Waals surface area contributed by atoms with Gasteiger partial charge in [0.2, 0.25) is 11.8 Å². The molecule has 5 nitrogen and oxygen atoms in total. The zero-order valence-corrected chi connectivity index (χ0v) is 11.9. The van der Waals surface area contributed by atoms with E-state index in [0.717, 1.165) is 18.5 Å². The number of amides is 2. The van der Waals surface area contributed by atoms with Crippen molar-refractivity contribution in [3.63, 3.8) is 0 Å². The van der Waals surface area contributed by atoms with Gasteiger partial charge in [0.15, 0.2) is 0 Å². The summed E-state index contributed by atoms with van der Waals surface area (Å²) in [7, 11) is 0. The number of carbonyl (C=O) groups excluding carboxylic acids is 2. The molecule has 0 heterocycles. The highest BCUT2D eigenvalue weighted by molar-refractivity contribution is 5.99. The van der Waals surface area contributed by atoms with E-state index in [2.05, 4.69) is 19.2 Å². The van der Waals surface area contributed by atoms with Crippen LogP contribution in [0.3, 0.4) is 0 Å². The van der Waals surface area contributed by atoms with E-state index in [4.69, 9.17) is 11.5 Å². The molecule has 5 N–H and O–H groups in total. The molecule has 2 amide bonds. The van der Waals surface area contributed by atoms with Gasteiger partial charge in [-0.15, -0.1) is 0 Å². The van der Waals surface area contributed by atoms with Gasteiger partial charge in [0, 0.05) is 22.9 Å². The van der Waals surface area contributed by atoms with Crippen LogP contribution in [0.25, 0.3) is 0 Å². The van der Waals surface area contributed by atoms with Crippen LogP contribution in [0.4, 0.5) is 5.69 Å². The van der Waals surface area contributed by atoms with Gasteiger partial charge in [0.05, 0.1) is 0 Å². The van der Waals surface area contributed by atoms with Crippen LogP contribution in [0.5, 0.6) is 0 Å². The number of nitrogens with one attached hydrogen (secondary N) is 1. The van der Waals surface area contributed by atoms with Crippen LogP contribution >= 0.6 is 0 Å². The minimum atomic E-state index is -0.568. The van der Waals surface area contributed by atoms with Gasteiger partial charge in [-0.1, -0.05) is 20.3 Å². The molecule has 1 atom stereocenters. The van der Waals surface area contributed by atoms with E-state index in [0.29, 0.717) is 17.2 Å². The summed E-state index contributed by atoms with van der Waals surface area (Å²) in [4.78, 5) is 22.7. The Balaban J connectivity index is 2.31. The molecule has 0 radical (unpaired) electrons. The topological polar surface area (TPSA) is 98.2 Å². The van der Waals surface area contributed by atoms with E-state index in [-0.39, 0.29) is 5.41 Å². The highest BCUT2D eigenvalue weighted by Gasteiger charge is 2.34. The Kier molecular flexibility index (Phi) is 3.70. The molecule has 1 fully saturated rings. The van der Waals surface area contributed by atoms with Crippen molar-refractivity contribution in [2.45, 2.75) is 39.2 Å². The molecule has 20 heavy (non-hydrogen) atoms. The Morgan fingerprint density at radius 3 is 2.10 bits per heavy atom. The van der Waals surface area contributed by atoms with Gasteiger partial charge >= 0.3 is 0 Å². The second-order valence-corrected chi connectivity index (χ2v) is 6.11. The molecule has 1 unspecified atom stereocenters. The van der Waals surface area contributed by atoms with Crippen molar-refractivity contribution in [1.29, 1.82) is 0 Å². The largest absolute Gasteiger partial charge is 0.382 e. The first-order valence-electron chi connectivity index (χ1n) is 6.81. The summed E-state index contributed by atoms with van der Waals surface area (Å²) in [6, 6.07) is 5.08. The number of anilines is 1. The number of primary amides is 2. The summed E-state index contributed by atoms with van der Waals surface area (Å²) in [5, 5.41) is 3.41. The van der Waals surface area contributed by atoms with Crippen LogP contribution in [0.1, 0.15) is 53.8 Å². The quantitative estimate of drug-likeness (QED) is 0.782. The maximum atomic E-state index is 11.3. The maximum Gasteiger partial charge on any atom is 0.248 e. The molecule has 1 saturated carbocycles. The standard InChI is InChI=1S/C15H21N3O2/c1-15(2)5-3-4-12(15)18-11-7-9(13(16)19)6-10(8-11)14(17)20/h6-8,12,18H,3-5H2,1-2H3,(H2,16,19)(H2,17,20). The number of hydrogen-bond donors (Lipinski definition) is 3. The van der Waals surface area contributed by atoms with Crippen LogP contribution in [0.2, 0.25) is 0 Å². The second-order valence-electron chi connectivity index (χ2n) is 6.11. The van der Waals surface area contributed by atoms with Gasteiger partial charge < -0.3 is 16.8 Å². The zero-order chi connectivity index (χ0) is 14.9. The Bertz CT molecular complexity index is 520. The fourth-order valence-electron chi connectivity index (χ4n) is 2.79. The van der Waals surface area contributed by atoms with Crippen molar-refractivity contribution in [3.05, 3.63) is 29.3 Å². The smallest absolute Gasteiger partial charge is 0.248 e. The predicted molar refractivity (Wildman–Crippen MR) is 78.5 cm³/mol. The molecule has 1 aromatic rings. The first-order valence-corrected chi connectivity index (χ1v) is 6.81. The third-order valence-corrected chi connectivity index (χ3v) is 4.10. The molecule has 0 saturated heterocycles. The maximum absolute atomic E-state index is 11.3. The molecular formula is C15H21N3O2. The molecule has 2 rings (SSSR count). The normalized spacial score (nSPS) is 20.6. The molecule has 5 heteroatoms. The Morgan fingerprint density at radius 1 is 1.15 bits per heavy atom. The van der Waals surface area contributed by atoms with E-state index in [9.17, 15) is 9.59 Å². The lowest BCUT2D eigenvalue weighted by Gasteiger charge is -2.29. The van der Waals surface area contributed by atoms with Crippen molar-refractivity contribution >= 4 is 17.5 Å². The summed E-state index contributed by atoms with van der Waals surface area (Å²) < 4.78 is 0. The van der Waals surface area contributed by atoms with E-state index in [1.165, 1.54) is 12.5 Å². The second kappa shape index (κ2) is 5.15. The lowest BCUT2D eigenvalue weighted by Crippen LogP contribution is -2.31. The summed E-state index contributed by atoms with van der Waals surface area (Å²) in [5.74, 6) is -1.14. The van der Waals surface area contributed by atoms with Crippen molar-refractivity contribution in [2.24, 2.45) is 16.9 Å². The molecular weight excluding hydrogens is 254 g/mol. The van der Waals surface area contributed by atoms with Gasteiger partial charge in [-0.3, -0.25) is 9.59 Å². The first-order chi connectivity index (χ1) is 9.29. The highest BCUT2D eigenvalue weighted by Crippen LogP contribution is 2.39. The molecule has 0 spiro atoms. The van der Waals surface area contributed by atoms with E-state index in [1.807, 2.05) is 0 Å². The minimum absolute atomic E-state index is 0.190. The first kappa shape index (κ1) is 14.4. The fourth-order valence-corrected chi connectivity index (χ4v) is 2.79. The van der Waals surface area contributed by atoms with E-state index >= 15 is 0 Å². The van der Waals surface area contributed by atoms with E-state index < -0.39 is 11.8 Å². The Labute approximate surface area is 118 Å². The number of benzene rings is 1. The monoisotopic (exact) mass is 275 g/mol. The molecule has 0 aliphatic heterocycles. The average molecular weight is 275 g/mol. The van der Waals surface area contributed by atoms with Gasteiger partial charge in [-0.2, -0.15) is 0 Å². The van der Waals surface area contributed by atoms with Crippen LogP contribution in [0.15, 0.2) is 18.2 Å². The van der Waals surface area contributed by atoms with Crippen LogP contribution in [-0.4, -0.2) is 17.9 Å². The number of carbonyl (C=O) groups is 2. The van der Waals surface area contributed by atoms with Gasteiger partial charge in [0.25, 0.3) is 0 Å². The summed E-state index contributed by atoms with van der Waals surface area (Å²) in [6.45, 7) is 4.43. The third kappa shape index (κ3) is 2.92. The van der Waals surface area contributed by atoms with Crippen LogP contribution < -0.4 is 16.8 Å². The summed E-state index contributed by atoms with van der Waals surface area (Å²) >= 11 is 0. The van der Waals surface area contributed by atoms with Gasteiger partial charge in [0.1, 0.15) is 0 Å². The fraction of sp³-hybridized carbons (Fsp3) is 0.467. The molecule has 1 aromatic carbocycles. The minimum Gasteiger partial charge on any atom is -0.382 e. The predicted octanol–water partition coefficient (Wildman–Crippen LogP) is 1.88. The van der Waals surface area contributed by atoms with E-state index in [1.54, 1.807) is 12.1 Å². The lowest BCUT2D eigenvalue weighted by atomic mass is 9.87. The lowest BCUT2D eigenvalue weighted by molar-refractivity contribution is 0.0999.